The molecule has 3 rings (SSSR count). The number of aliphatic hydroxyl groups is 1. The van der Waals surface area contributed by atoms with E-state index >= 15 is 0 Å². The first-order valence-corrected chi connectivity index (χ1v) is 11.2. The molecule has 0 bridgehead atoms. The van der Waals surface area contributed by atoms with Gasteiger partial charge in [-0.3, -0.25) is 4.79 Å². The van der Waals surface area contributed by atoms with Crippen LogP contribution in [0.2, 0.25) is 0 Å². The normalized spacial score (nSPS) is 15.2. The van der Waals surface area contributed by atoms with E-state index < -0.39 is 17.5 Å². The van der Waals surface area contributed by atoms with Crippen LogP contribution in [0.15, 0.2) is 30.7 Å². The Morgan fingerprint density at radius 2 is 2.00 bits per heavy atom. The highest BCUT2D eigenvalue weighted by Gasteiger charge is 2.34. The maximum Gasteiger partial charge on any atom is 0.404 e. The van der Waals surface area contributed by atoms with Gasteiger partial charge in [0.15, 0.2) is 11.6 Å². The third kappa shape index (κ3) is 5.90. The SMILES string of the molecule is CCN(C(=O)c1cc(F)ccc1Oc1cncnc1N1CCC(O)(CNC(=O)O)CC1)C(C)C. The van der Waals surface area contributed by atoms with Crippen LogP contribution in [0.1, 0.15) is 44.0 Å². The summed E-state index contributed by atoms with van der Waals surface area (Å²) in [6, 6.07) is 3.70. The average Bonchev–Trinajstić information content (AvgIpc) is 2.80. The van der Waals surface area contributed by atoms with Gasteiger partial charge in [0.05, 0.1) is 17.4 Å². The largest absolute Gasteiger partial charge is 0.465 e. The first kappa shape index (κ1) is 25.2. The average molecular weight is 476 g/mol. The lowest BCUT2D eigenvalue weighted by Crippen LogP contribution is -2.51. The molecule has 0 saturated carbocycles. The second-order valence-electron chi connectivity index (χ2n) is 8.51. The number of anilines is 1. The molecule has 0 spiro atoms. The number of carboxylic acid groups (broad SMARTS) is 1. The molecule has 1 aromatic carbocycles. The minimum absolute atomic E-state index is 0.0614. The topological polar surface area (TPSA) is 128 Å². The maximum atomic E-state index is 14.0. The molecular formula is C23H30FN5O5. The molecule has 1 aliphatic heterocycles. The summed E-state index contributed by atoms with van der Waals surface area (Å²) in [7, 11) is 0. The van der Waals surface area contributed by atoms with Gasteiger partial charge in [0.2, 0.25) is 0 Å². The Hall–Kier alpha value is -3.47. The number of amides is 2. The fraction of sp³-hybridized carbons (Fsp3) is 0.478. The smallest absolute Gasteiger partial charge is 0.404 e. The highest BCUT2D eigenvalue weighted by molar-refractivity contribution is 5.97. The second kappa shape index (κ2) is 10.6. The summed E-state index contributed by atoms with van der Waals surface area (Å²) in [6.07, 6.45) is 2.27. The number of hydrogen-bond donors (Lipinski definition) is 3. The number of piperidine rings is 1. The molecule has 2 aromatic rings. The highest BCUT2D eigenvalue weighted by atomic mass is 19.1. The fourth-order valence-electron chi connectivity index (χ4n) is 3.95. The molecule has 1 fully saturated rings. The number of halogens is 1. The van der Waals surface area contributed by atoms with E-state index in [0.29, 0.717) is 38.3 Å². The monoisotopic (exact) mass is 475 g/mol. The first-order valence-electron chi connectivity index (χ1n) is 11.2. The van der Waals surface area contributed by atoms with Crippen LogP contribution in [-0.2, 0) is 0 Å². The minimum Gasteiger partial charge on any atom is -0.465 e. The van der Waals surface area contributed by atoms with Gasteiger partial charge < -0.3 is 30.1 Å². The van der Waals surface area contributed by atoms with Crippen molar-refractivity contribution < 1.29 is 28.9 Å². The molecule has 11 heteroatoms. The number of carbonyl (C=O) groups excluding carboxylic acids is 1. The summed E-state index contributed by atoms with van der Waals surface area (Å²) in [5, 5.41) is 21.7. The van der Waals surface area contributed by atoms with E-state index in [0.717, 1.165) is 6.07 Å². The number of rotatable bonds is 8. The van der Waals surface area contributed by atoms with Crippen molar-refractivity contribution >= 4 is 17.8 Å². The third-order valence-electron chi connectivity index (χ3n) is 5.84. The standard InChI is InChI=1S/C23H30FN5O5/c1-4-29(15(2)3)21(30)17-11-16(24)5-6-18(17)34-19-12-25-14-27-20(19)28-9-7-23(33,8-10-28)13-26-22(31)32/h5-6,11-12,14-15,26,33H,4,7-10,13H2,1-3H3,(H,31,32). The predicted octanol–water partition coefficient (Wildman–Crippen LogP) is 2.88. The molecule has 2 heterocycles. The summed E-state index contributed by atoms with van der Waals surface area (Å²) in [6.45, 7) is 6.81. The molecule has 2 amide bonds. The van der Waals surface area contributed by atoms with Crippen LogP contribution in [0.5, 0.6) is 11.5 Å². The molecule has 1 aromatic heterocycles. The van der Waals surface area contributed by atoms with E-state index in [9.17, 15) is 19.1 Å². The van der Waals surface area contributed by atoms with Crippen LogP contribution in [0.4, 0.5) is 15.0 Å². The second-order valence-corrected chi connectivity index (χ2v) is 8.51. The van der Waals surface area contributed by atoms with Crippen molar-refractivity contribution in [1.82, 2.24) is 20.2 Å². The minimum atomic E-state index is -1.19. The summed E-state index contributed by atoms with van der Waals surface area (Å²) >= 11 is 0. The Kier molecular flexibility index (Phi) is 7.87. The lowest BCUT2D eigenvalue weighted by Gasteiger charge is -2.38. The molecule has 10 nitrogen and oxygen atoms in total. The van der Waals surface area contributed by atoms with E-state index in [2.05, 4.69) is 15.3 Å². The Labute approximate surface area is 197 Å². The van der Waals surface area contributed by atoms with Crippen molar-refractivity contribution in [3.8, 4) is 11.5 Å². The zero-order valence-corrected chi connectivity index (χ0v) is 19.5. The molecule has 0 atom stereocenters. The number of aromatic nitrogens is 2. The number of nitrogens with one attached hydrogen (secondary N) is 1. The van der Waals surface area contributed by atoms with Gasteiger partial charge in [-0.15, -0.1) is 0 Å². The van der Waals surface area contributed by atoms with Crippen LogP contribution in [0.3, 0.4) is 0 Å². The van der Waals surface area contributed by atoms with Crippen molar-refractivity contribution in [2.75, 3.05) is 31.1 Å². The number of carbonyl (C=O) groups is 2. The van der Waals surface area contributed by atoms with Crippen LogP contribution in [0.25, 0.3) is 0 Å². The van der Waals surface area contributed by atoms with Gasteiger partial charge in [0, 0.05) is 32.2 Å². The van der Waals surface area contributed by atoms with Gasteiger partial charge in [-0.25, -0.2) is 19.2 Å². The van der Waals surface area contributed by atoms with Crippen LogP contribution in [-0.4, -0.2) is 74.9 Å². The van der Waals surface area contributed by atoms with Gasteiger partial charge >= 0.3 is 6.09 Å². The lowest BCUT2D eigenvalue weighted by atomic mass is 9.91. The van der Waals surface area contributed by atoms with E-state index in [4.69, 9.17) is 9.84 Å². The lowest BCUT2D eigenvalue weighted by molar-refractivity contribution is 0.0172. The molecule has 0 unspecified atom stereocenters. The van der Waals surface area contributed by atoms with Crippen molar-refractivity contribution in [3.05, 3.63) is 42.1 Å². The number of hydrogen-bond acceptors (Lipinski definition) is 7. The molecular weight excluding hydrogens is 445 g/mol. The molecule has 0 aliphatic carbocycles. The molecule has 1 aliphatic rings. The van der Waals surface area contributed by atoms with Crippen molar-refractivity contribution in [2.24, 2.45) is 0 Å². The molecule has 34 heavy (non-hydrogen) atoms. The maximum absolute atomic E-state index is 14.0. The summed E-state index contributed by atoms with van der Waals surface area (Å²) in [4.78, 5) is 35.7. The van der Waals surface area contributed by atoms with E-state index in [1.807, 2.05) is 25.7 Å². The van der Waals surface area contributed by atoms with Gasteiger partial charge in [-0.05, 0) is 51.8 Å². The van der Waals surface area contributed by atoms with Gasteiger partial charge in [-0.2, -0.15) is 0 Å². The van der Waals surface area contributed by atoms with Crippen molar-refractivity contribution in [1.29, 1.82) is 0 Å². The Morgan fingerprint density at radius 1 is 1.29 bits per heavy atom. The molecule has 184 valence electrons. The first-order chi connectivity index (χ1) is 16.1. The zero-order chi connectivity index (χ0) is 24.9. The van der Waals surface area contributed by atoms with Crippen molar-refractivity contribution in [2.45, 2.75) is 45.3 Å². The third-order valence-corrected chi connectivity index (χ3v) is 5.84. The quantitative estimate of drug-likeness (QED) is 0.532. The fourth-order valence-corrected chi connectivity index (χ4v) is 3.95. The van der Waals surface area contributed by atoms with Gasteiger partial charge in [0.1, 0.15) is 17.9 Å². The van der Waals surface area contributed by atoms with Crippen LogP contribution >= 0.6 is 0 Å². The number of benzene rings is 1. The van der Waals surface area contributed by atoms with Crippen molar-refractivity contribution in [3.63, 3.8) is 0 Å². The summed E-state index contributed by atoms with van der Waals surface area (Å²) in [5.41, 5.74) is -1.06. The highest BCUT2D eigenvalue weighted by Crippen LogP contribution is 2.35. The molecule has 3 N–H and O–H groups in total. The number of ether oxygens (including phenoxy) is 1. The Balaban J connectivity index is 1.83. The molecule has 1 saturated heterocycles. The summed E-state index contributed by atoms with van der Waals surface area (Å²) < 4.78 is 20.1. The Morgan fingerprint density at radius 3 is 2.62 bits per heavy atom. The van der Waals surface area contributed by atoms with Gasteiger partial charge in [-0.1, -0.05) is 0 Å². The summed E-state index contributed by atoms with van der Waals surface area (Å²) in [5.74, 6) is 0.0254. The van der Waals surface area contributed by atoms with Crippen LogP contribution < -0.4 is 15.0 Å². The van der Waals surface area contributed by atoms with Gasteiger partial charge in [0.25, 0.3) is 5.91 Å². The van der Waals surface area contributed by atoms with E-state index in [1.165, 1.54) is 24.7 Å². The van der Waals surface area contributed by atoms with E-state index in [1.54, 1.807) is 4.90 Å². The molecule has 0 radical (unpaired) electrons. The van der Waals surface area contributed by atoms with Crippen LogP contribution in [0, 0.1) is 5.82 Å². The predicted molar refractivity (Wildman–Crippen MR) is 123 cm³/mol. The van der Waals surface area contributed by atoms with E-state index in [-0.39, 0.29) is 35.6 Å². The zero-order valence-electron chi connectivity index (χ0n) is 19.5. The number of nitrogens with zero attached hydrogens (tertiary/aromatic N) is 4. The Bertz CT molecular complexity index is 1030.